The summed E-state index contributed by atoms with van der Waals surface area (Å²) in [5.74, 6) is 0.643. The van der Waals surface area contributed by atoms with Crippen molar-refractivity contribution < 1.29 is 28.5 Å². The van der Waals surface area contributed by atoms with Crippen LogP contribution in [0.1, 0.15) is 52.7 Å². The highest BCUT2D eigenvalue weighted by Gasteiger charge is 2.35. The highest BCUT2D eigenvalue weighted by Crippen LogP contribution is 2.27. The second kappa shape index (κ2) is 14.6. The molecule has 0 unspecified atom stereocenters. The van der Waals surface area contributed by atoms with Gasteiger partial charge in [-0.2, -0.15) is 0 Å². The fourth-order valence-corrected chi connectivity index (χ4v) is 4.93. The van der Waals surface area contributed by atoms with Crippen LogP contribution in [0.25, 0.3) is 0 Å². The number of halogens is 2. The zero-order chi connectivity index (χ0) is 30.4. The largest absolute Gasteiger partial charge is 0.486 e. The average molecular weight is 793 g/mol. The Morgan fingerprint density at radius 1 is 0.927 bits per heavy atom. The monoisotopic (exact) mass is 793 g/mol. The number of carbonyl (C=O) groups excluding carboxylic acids is 2. The molecule has 226 valence electrons. The maximum absolute atomic E-state index is 12.8. The van der Waals surface area contributed by atoms with Crippen molar-refractivity contribution in [2.45, 2.75) is 89.9 Å². The summed E-state index contributed by atoms with van der Waals surface area (Å²) in [6.45, 7) is 11.7. The van der Waals surface area contributed by atoms with Gasteiger partial charge >= 0.3 is 12.2 Å². The van der Waals surface area contributed by atoms with Gasteiger partial charge in [0, 0.05) is 10.1 Å². The van der Waals surface area contributed by atoms with Gasteiger partial charge in [0.15, 0.2) is 0 Å². The summed E-state index contributed by atoms with van der Waals surface area (Å²) in [5, 5.41) is 5.94. The molecule has 0 spiro atoms. The van der Waals surface area contributed by atoms with Gasteiger partial charge in [-0.3, -0.25) is 0 Å². The molecule has 1 heterocycles. The Bertz CT molecular complexity index is 1180. The number of epoxide rings is 1. The maximum atomic E-state index is 12.8. The Hall–Kier alpha value is -1.84. The fraction of sp³-hybridized carbons (Fsp3) is 0.533. The predicted molar refractivity (Wildman–Crippen MR) is 175 cm³/mol. The Kier molecular flexibility index (Phi) is 12.0. The van der Waals surface area contributed by atoms with Crippen LogP contribution >= 0.6 is 45.2 Å². The summed E-state index contributed by atoms with van der Waals surface area (Å²) in [5.41, 5.74) is 6.99. The lowest BCUT2D eigenvalue weighted by molar-refractivity contribution is 0.0445. The first kappa shape index (κ1) is 33.7. The number of benzene rings is 2. The SMILES string of the molecule is CC(C)(C)OC(=O)N[C@@H](Cc1ccc(I)c(O[C@@H](CN)[C@H](Cc2ccc(I)cc2)NC(=O)OC(C)(C)C)c1)[C@@H]1CO1. The van der Waals surface area contributed by atoms with E-state index < -0.39 is 35.5 Å². The molecule has 9 nitrogen and oxygen atoms in total. The average Bonchev–Trinajstić information content (AvgIpc) is 3.68. The Labute approximate surface area is 270 Å². The van der Waals surface area contributed by atoms with Gasteiger partial charge < -0.3 is 35.3 Å². The van der Waals surface area contributed by atoms with Crippen LogP contribution in [0.4, 0.5) is 9.59 Å². The van der Waals surface area contributed by atoms with Gasteiger partial charge in [-0.25, -0.2) is 9.59 Å². The number of amides is 2. The van der Waals surface area contributed by atoms with Gasteiger partial charge in [0.25, 0.3) is 0 Å². The normalized spacial score (nSPS) is 17.1. The molecule has 0 aliphatic carbocycles. The smallest absolute Gasteiger partial charge is 0.408 e. The molecule has 2 aromatic carbocycles. The van der Waals surface area contributed by atoms with Crippen LogP contribution in [0.15, 0.2) is 42.5 Å². The minimum atomic E-state index is -0.643. The second-order valence-corrected chi connectivity index (χ2v) is 14.5. The molecule has 41 heavy (non-hydrogen) atoms. The summed E-state index contributed by atoms with van der Waals surface area (Å²) in [6, 6.07) is 13.3. The molecule has 1 aliphatic heterocycles. The first-order valence-electron chi connectivity index (χ1n) is 13.6. The Balaban J connectivity index is 1.79. The minimum Gasteiger partial charge on any atom is -0.486 e. The van der Waals surface area contributed by atoms with Crippen molar-refractivity contribution in [3.05, 3.63) is 60.7 Å². The molecule has 1 aliphatic rings. The molecular weight excluding hydrogens is 752 g/mol. The summed E-state index contributed by atoms with van der Waals surface area (Å²) in [4.78, 5) is 25.2. The third-order valence-corrected chi connectivity index (χ3v) is 7.60. The third-order valence-electron chi connectivity index (χ3n) is 5.99. The molecule has 1 fully saturated rings. The molecular formula is C30H41I2N3O6. The van der Waals surface area contributed by atoms with E-state index in [-0.39, 0.29) is 18.7 Å². The van der Waals surface area contributed by atoms with Gasteiger partial charge in [0.2, 0.25) is 0 Å². The highest BCUT2D eigenvalue weighted by molar-refractivity contribution is 14.1. The minimum absolute atomic E-state index is 0.0701. The lowest BCUT2D eigenvalue weighted by Gasteiger charge is -2.30. The Morgan fingerprint density at radius 2 is 1.49 bits per heavy atom. The van der Waals surface area contributed by atoms with Crippen LogP contribution in [0.5, 0.6) is 5.75 Å². The summed E-state index contributed by atoms with van der Waals surface area (Å²) < 4.78 is 25.0. The van der Waals surface area contributed by atoms with E-state index in [0.29, 0.717) is 25.2 Å². The number of hydrogen-bond acceptors (Lipinski definition) is 7. The van der Waals surface area contributed by atoms with E-state index in [1.165, 1.54) is 0 Å². The van der Waals surface area contributed by atoms with Gasteiger partial charge in [-0.1, -0.05) is 18.2 Å². The lowest BCUT2D eigenvalue weighted by atomic mass is 10.0. The van der Waals surface area contributed by atoms with Crippen LogP contribution in [0, 0.1) is 7.14 Å². The number of alkyl carbamates (subject to hydrolysis) is 2. The quantitative estimate of drug-likeness (QED) is 0.201. The van der Waals surface area contributed by atoms with Crippen LogP contribution in [-0.2, 0) is 27.1 Å². The first-order valence-corrected chi connectivity index (χ1v) is 15.8. The Morgan fingerprint density at radius 3 is 2.02 bits per heavy atom. The van der Waals surface area contributed by atoms with Crippen molar-refractivity contribution in [1.29, 1.82) is 0 Å². The maximum Gasteiger partial charge on any atom is 0.408 e. The molecule has 11 heteroatoms. The molecule has 3 rings (SSSR count). The van der Waals surface area contributed by atoms with E-state index in [4.69, 9.17) is 24.7 Å². The molecule has 0 saturated carbocycles. The molecule has 2 aromatic rings. The molecule has 4 N–H and O–H groups in total. The van der Waals surface area contributed by atoms with E-state index in [9.17, 15) is 9.59 Å². The zero-order valence-electron chi connectivity index (χ0n) is 24.5. The number of ether oxygens (including phenoxy) is 4. The van der Waals surface area contributed by atoms with Crippen LogP contribution in [0.3, 0.4) is 0 Å². The number of hydrogen-bond donors (Lipinski definition) is 3. The van der Waals surface area contributed by atoms with E-state index in [1.807, 2.05) is 84.0 Å². The van der Waals surface area contributed by atoms with E-state index in [2.05, 4.69) is 55.8 Å². The summed E-state index contributed by atoms with van der Waals surface area (Å²) >= 11 is 4.48. The first-order chi connectivity index (χ1) is 19.1. The summed E-state index contributed by atoms with van der Waals surface area (Å²) in [7, 11) is 0. The standard InChI is InChI=1S/C30H41I2N3O6/c1-29(2,3)40-27(36)34-22(13-18-7-10-20(31)11-8-18)25(16-33)39-24-15-19(9-12-21(24)32)14-23(26-17-38-26)35-28(37)41-30(4,5)6/h7-12,15,22-23,25-26H,13-14,16-17,33H2,1-6H3,(H,34,36)(H,35,37)/t22-,23-,25-,26-/m0/s1. The predicted octanol–water partition coefficient (Wildman–Crippen LogP) is 5.57. The fourth-order valence-electron chi connectivity index (χ4n) is 4.11. The van der Waals surface area contributed by atoms with Crippen molar-refractivity contribution >= 4 is 57.4 Å². The summed E-state index contributed by atoms with van der Waals surface area (Å²) in [6.07, 6.45) is -0.566. The lowest BCUT2D eigenvalue weighted by Crippen LogP contribution is -2.51. The molecule has 0 radical (unpaired) electrons. The van der Waals surface area contributed by atoms with Crippen LogP contribution in [-0.4, -0.2) is 60.8 Å². The number of nitrogens with two attached hydrogens (primary N) is 1. The molecule has 2 amide bonds. The third kappa shape index (κ3) is 12.1. The van der Waals surface area contributed by atoms with E-state index >= 15 is 0 Å². The molecule has 4 atom stereocenters. The van der Waals surface area contributed by atoms with Crippen LogP contribution < -0.4 is 21.1 Å². The van der Waals surface area contributed by atoms with Crippen molar-refractivity contribution in [3.63, 3.8) is 0 Å². The van der Waals surface area contributed by atoms with E-state index in [0.717, 1.165) is 18.3 Å². The van der Waals surface area contributed by atoms with Gasteiger partial charge in [0.05, 0.1) is 22.3 Å². The molecule has 1 saturated heterocycles. The van der Waals surface area contributed by atoms with Crippen molar-refractivity contribution in [2.75, 3.05) is 13.2 Å². The van der Waals surface area contributed by atoms with E-state index in [1.54, 1.807) is 0 Å². The van der Waals surface area contributed by atoms with Crippen molar-refractivity contribution in [2.24, 2.45) is 5.73 Å². The van der Waals surface area contributed by atoms with Crippen LogP contribution in [0.2, 0.25) is 0 Å². The topological polar surface area (TPSA) is 124 Å². The van der Waals surface area contributed by atoms with Gasteiger partial charge in [-0.15, -0.1) is 0 Å². The number of rotatable bonds is 11. The zero-order valence-corrected chi connectivity index (χ0v) is 28.8. The van der Waals surface area contributed by atoms with Gasteiger partial charge in [0.1, 0.15) is 29.2 Å². The van der Waals surface area contributed by atoms with Crippen molar-refractivity contribution in [1.82, 2.24) is 10.6 Å². The number of carbonyl (C=O) groups is 2. The molecule has 0 bridgehead atoms. The van der Waals surface area contributed by atoms with Gasteiger partial charge in [-0.05, 0) is 135 Å². The highest BCUT2D eigenvalue weighted by atomic mass is 127. The molecule has 0 aromatic heterocycles. The second-order valence-electron chi connectivity index (χ2n) is 12.1. The number of nitrogens with one attached hydrogen (secondary N) is 2. The van der Waals surface area contributed by atoms with Crippen molar-refractivity contribution in [3.8, 4) is 5.75 Å².